The SMILES string of the molecule is CC(C)(C)c1ccc(N2c3cc(C(C)(C)C)ccc3B3c4cc(C(C)(C)C)cc5c4N(c4cc(N6c7ccccc7C7(C)CCc8ccccc8C67C)cc2c43)C2(C)c3ccccc3CCC52C)c(-c2ccccc2)c1. The number of nitrogens with zero attached hydrogens (tertiary/aromatic N) is 3. The van der Waals surface area contributed by atoms with Gasteiger partial charge in [0.25, 0.3) is 6.71 Å². The van der Waals surface area contributed by atoms with Crippen molar-refractivity contribution in [3.63, 3.8) is 0 Å². The zero-order valence-corrected chi connectivity index (χ0v) is 47.3. The third kappa shape index (κ3) is 6.08. The number of para-hydroxylation sites is 1. The molecule has 4 unspecified atom stereocenters. The lowest BCUT2D eigenvalue weighted by molar-refractivity contribution is 0.244. The Labute approximate surface area is 454 Å². The van der Waals surface area contributed by atoms with Crippen LogP contribution in [-0.2, 0) is 51.0 Å². The Balaban J connectivity index is 1.17. The average Bonchev–Trinajstić information content (AvgIpc) is 3.87. The Hall–Kier alpha value is -6.78. The summed E-state index contributed by atoms with van der Waals surface area (Å²) in [6, 6.07) is 65.1. The molecular formula is C72H74BN3. The Morgan fingerprint density at radius 2 is 0.947 bits per heavy atom. The molecule has 3 nitrogen and oxygen atoms in total. The summed E-state index contributed by atoms with van der Waals surface area (Å²) in [4.78, 5) is 8.48. The third-order valence-corrected chi connectivity index (χ3v) is 20.6. The van der Waals surface area contributed by atoms with Crippen LogP contribution >= 0.6 is 0 Å². The molecule has 6 aliphatic rings. The quantitative estimate of drug-likeness (QED) is 0.163. The van der Waals surface area contributed by atoms with E-state index < -0.39 is 5.54 Å². The summed E-state index contributed by atoms with van der Waals surface area (Å²) >= 11 is 0. The van der Waals surface area contributed by atoms with E-state index in [9.17, 15) is 0 Å². The van der Waals surface area contributed by atoms with Gasteiger partial charge in [0.1, 0.15) is 0 Å². The molecule has 4 aliphatic heterocycles. The van der Waals surface area contributed by atoms with Crippen molar-refractivity contribution in [2.45, 2.75) is 154 Å². The summed E-state index contributed by atoms with van der Waals surface area (Å²) in [5.74, 6) is 0. The molecule has 8 aromatic carbocycles. The van der Waals surface area contributed by atoms with Gasteiger partial charge in [-0.15, -0.1) is 0 Å². The van der Waals surface area contributed by atoms with Gasteiger partial charge in [-0.2, -0.15) is 0 Å². The monoisotopic (exact) mass is 992 g/mol. The summed E-state index contributed by atoms with van der Waals surface area (Å²) in [5, 5.41) is 0. The lowest BCUT2D eigenvalue weighted by Gasteiger charge is -2.54. The van der Waals surface area contributed by atoms with E-state index in [4.69, 9.17) is 0 Å². The maximum absolute atomic E-state index is 2.92. The Kier molecular flexibility index (Phi) is 9.69. The molecule has 4 heteroatoms. The largest absolute Gasteiger partial charge is 0.331 e. The van der Waals surface area contributed by atoms with E-state index in [1.165, 1.54) is 117 Å². The number of hydrogen-bond donors (Lipinski definition) is 0. The van der Waals surface area contributed by atoms with Crippen molar-refractivity contribution in [2.24, 2.45) is 0 Å². The summed E-state index contributed by atoms with van der Waals surface area (Å²) in [7, 11) is 0. The van der Waals surface area contributed by atoms with Crippen LogP contribution in [0.15, 0.2) is 164 Å². The molecule has 0 bridgehead atoms. The van der Waals surface area contributed by atoms with Crippen LogP contribution < -0.4 is 31.1 Å². The van der Waals surface area contributed by atoms with Crippen molar-refractivity contribution in [2.75, 3.05) is 14.7 Å². The molecule has 0 radical (unpaired) electrons. The van der Waals surface area contributed by atoms with Crippen LogP contribution in [0.4, 0.5) is 39.8 Å². The molecule has 0 spiro atoms. The fraction of sp³-hybridized carbons (Fsp3) is 0.333. The second kappa shape index (κ2) is 15.5. The van der Waals surface area contributed by atoms with E-state index in [2.05, 4.69) is 269 Å². The maximum atomic E-state index is 2.92. The van der Waals surface area contributed by atoms with Crippen molar-refractivity contribution in [3.8, 4) is 11.1 Å². The molecular weight excluding hydrogens is 918 g/mol. The molecule has 0 N–H and O–H groups in total. The van der Waals surface area contributed by atoms with Gasteiger partial charge in [0.15, 0.2) is 0 Å². The first kappa shape index (κ1) is 47.7. The Bertz CT molecular complexity index is 3770. The van der Waals surface area contributed by atoms with Gasteiger partial charge in [0, 0.05) is 50.5 Å². The van der Waals surface area contributed by atoms with E-state index in [-0.39, 0.29) is 39.3 Å². The first-order chi connectivity index (χ1) is 36.1. The molecule has 0 saturated carbocycles. The molecule has 76 heavy (non-hydrogen) atoms. The van der Waals surface area contributed by atoms with Crippen molar-refractivity contribution in [1.29, 1.82) is 0 Å². The highest BCUT2D eigenvalue weighted by molar-refractivity contribution is 7.00. The zero-order valence-electron chi connectivity index (χ0n) is 47.3. The highest BCUT2D eigenvalue weighted by Crippen LogP contribution is 2.68. The molecule has 0 aromatic heterocycles. The van der Waals surface area contributed by atoms with Crippen LogP contribution in [0.25, 0.3) is 11.1 Å². The number of benzene rings is 8. The first-order valence-electron chi connectivity index (χ1n) is 28.5. The molecule has 14 rings (SSSR count). The van der Waals surface area contributed by atoms with E-state index in [1.54, 1.807) is 0 Å². The second-order valence-corrected chi connectivity index (χ2v) is 27.6. The fourth-order valence-corrected chi connectivity index (χ4v) is 15.9. The fourth-order valence-electron chi connectivity index (χ4n) is 15.9. The van der Waals surface area contributed by atoms with Crippen molar-refractivity contribution in [1.82, 2.24) is 0 Å². The van der Waals surface area contributed by atoms with Gasteiger partial charge in [0.2, 0.25) is 0 Å². The number of rotatable bonds is 3. The van der Waals surface area contributed by atoms with Crippen LogP contribution in [0.3, 0.4) is 0 Å². The number of hydrogen-bond acceptors (Lipinski definition) is 3. The van der Waals surface area contributed by atoms with E-state index in [1.807, 2.05) is 0 Å². The van der Waals surface area contributed by atoms with Crippen LogP contribution in [0.2, 0.25) is 0 Å². The molecule has 4 atom stereocenters. The highest BCUT2D eigenvalue weighted by Gasteiger charge is 2.65. The molecule has 4 heterocycles. The van der Waals surface area contributed by atoms with Crippen LogP contribution in [0.5, 0.6) is 0 Å². The maximum Gasteiger partial charge on any atom is 0.252 e. The Morgan fingerprint density at radius 3 is 1.59 bits per heavy atom. The molecule has 0 amide bonds. The van der Waals surface area contributed by atoms with Crippen molar-refractivity contribution in [3.05, 3.63) is 214 Å². The summed E-state index contributed by atoms with van der Waals surface area (Å²) in [5.41, 5.74) is 27.4. The lowest BCUT2D eigenvalue weighted by atomic mass is 9.33. The molecule has 8 aromatic rings. The van der Waals surface area contributed by atoms with E-state index >= 15 is 0 Å². The predicted octanol–water partition coefficient (Wildman–Crippen LogP) is 16.4. The van der Waals surface area contributed by atoms with Gasteiger partial charge in [0.05, 0.1) is 16.8 Å². The number of anilines is 7. The number of fused-ring (bicyclic) bond motifs is 14. The van der Waals surface area contributed by atoms with Crippen molar-refractivity contribution >= 4 is 62.9 Å². The van der Waals surface area contributed by atoms with E-state index in [0.717, 1.165) is 25.7 Å². The predicted molar refractivity (Wildman–Crippen MR) is 323 cm³/mol. The van der Waals surface area contributed by atoms with Gasteiger partial charge in [-0.05, 0) is 164 Å². The minimum Gasteiger partial charge on any atom is -0.331 e. The van der Waals surface area contributed by atoms with Crippen molar-refractivity contribution < 1.29 is 0 Å². The summed E-state index contributed by atoms with van der Waals surface area (Å²) in [6.07, 6.45) is 4.28. The molecule has 380 valence electrons. The highest BCUT2D eigenvalue weighted by atomic mass is 15.3. The first-order valence-corrected chi connectivity index (χ1v) is 28.5. The average molecular weight is 992 g/mol. The van der Waals surface area contributed by atoms with Gasteiger partial charge in [-0.25, -0.2) is 0 Å². The minimum absolute atomic E-state index is 0.00892. The standard InChI is InChI=1S/C72H74BN3/c1-66(2,3)48-32-34-59(52(39-48)45-23-15-14-16-24-45)74-61-42-49(67(4,5)6)31-33-57(61)73-58-41-50(68(7,8)9)40-56-65(58)76(72(13)54-28-20-18-26-47(54)36-38-70(56,72)11)63-44-51(43-62(74)64(63)73)75-60-30-22-21-29-55(60)69(10)37-35-46-25-17-19-27-53(46)71(69,75)12/h14-34,39-44H,35-38H2,1-13H3. The Morgan fingerprint density at radius 1 is 0.408 bits per heavy atom. The minimum atomic E-state index is -0.393. The summed E-state index contributed by atoms with van der Waals surface area (Å²) in [6.45, 7) is 31.8. The van der Waals surface area contributed by atoms with E-state index in [0.29, 0.717) is 0 Å². The molecule has 2 aliphatic carbocycles. The van der Waals surface area contributed by atoms with Gasteiger partial charge in [-0.3, -0.25) is 0 Å². The molecule has 0 fully saturated rings. The van der Waals surface area contributed by atoms with Gasteiger partial charge < -0.3 is 14.7 Å². The zero-order chi connectivity index (χ0) is 52.9. The van der Waals surface area contributed by atoms with Crippen LogP contribution in [0.1, 0.15) is 153 Å². The lowest BCUT2D eigenvalue weighted by Crippen LogP contribution is -2.64. The normalized spacial score (nSPS) is 23.5. The van der Waals surface area contributed by atoms with Gasteiger partial charge in [-0.1, -0.05) is 204 Å². The van der Waals surface area contributed by atoms with Crippen LogP contribution in [0, 0.1) is 0 Å². The topological polar surface area (TPSA) is 9.72 Å². The molecule has 0 saturated heterocycles. The summed E-state index contributed by atoms with van der Waals surface area (Å²) < 4.78 is 0. The number of aryl methyl sites for hydroxylation is 2. The second-order valence-electron chi connectivity index (χ2n) is 27.6. The van der Waals surface area contributed by atoms with Gasteiger partial charge >= 0.3 is 0 Å². The smallest absolute Gasteiger partial charge is 0.252 e. The van der Waals surface area contributed by atoms with Crippen LogP contribution in [-0.4, -0.2) is 6.71 Å². The third-order valence-electron chi connectivity index (χ3n) is 20.6.